The molecule has 0 aliphatic rings. The molecule has 0 saturated heterocycles. The second kappa shape index (κ2) is 16.3. The van der Waals surface area contributed by atoms with E-state index in [2.05, 4.69) is 162 Å². The Morgan fingerprint density at radius 2 is 0.870 bits per heavy atom. The third kappa shape index (κ3) is 6.60. The van der Waals surface area contributed by atoms with Gasteiger partial charge in [0.1, 0.15) is 22.3 Å². The van der Waals surface area contributed by atoms with Crippen molar-refractivity contribution in [2.75, 3.05) is 0 Å². The molecule has 10 aromatic carbocycles. The van der Waals surface area contributed by atoms with Crippen molar-refractivity contribution in [1.29, 1.82) is 0 Å². The number of rotatable bonds is 6. The van der Waals surface area contributed by atoms with Crippen molar-refractivity contribution < 1.29 is 8.83 Å². The molecular formula is C63H42N4O2. The van der Waals surface area contributed by atoms with Crippen LogP contribution in [0.4, 0.5) is 0 Å². The summed E-state index contributed by atoms with van der Waals surface area (Å²) >= 11 is 0. The van der Waals surface area contributed by atoms with Crippen LogP contribution in [0.25, 0.3) is 139 Å². The number of para-hydroxylation sites is 4. The third-order valence-electron chi connectivity index (χ3n) is 13.2. The molecule has 0 bridgehead atoms. The lowest BCUT2D eigenvalue weighted by molar-refractivity contribution is 0.669. The second-order valence-electron chi connectivity index (χ2n) is 17.1. The fraction of sp³-hybridized carbons (Fsp3) is 0.0317. The lowest BCUT2D eigenvalue weighted by Crippen LogP contribution is -2.01. The van der Waals surface area contributed by atoms with Gasteiger partial charge in [-0.2, -0.15) is 0 Å². The molecule has 6 nitrogen and oxygen atoms in total. The lowest BCUT2D eigenvalue weighted by atomic mass is 9.98. The molecule has 4 heterocycles. The minimum atomic E-state index is 0.566. The first-order valence-electron chi connectivity index (χ1n) is 23.5. The third-order valence-corrected chi connectivity index (χ3v) is 13.2. The van der Waals surface area contributed by atoms with Crippen molar-refractivity contribution in [3.05, 3.63) is 218 Å². The number of furan rings is 2. The molecule has 0 saturated carbocycles. The smallest absolute Gasteiger partial charge is 0.164 e. The molecule has 326 valence electrons. The van der Waals surface area contributed by atoms with Gasteiger partial charge in [0, 0.05) is 71.4 Å². The van der Waals surface area contributed by atoms with Crippen molar-refractivity contribution in [2.45, 2.75) is 13.8 Å². The molecule has 0 atom stereocenters. The Labute approximate surface area is 397 Å². The largest absolute Gasteiger partial charge is 0.456 e. The molecule has 14 rings (SSSR count). The highest BCUT2D eigenvalue weighted by Gasteiger charge is 2.22. The predicted octanol–water partition coefficient (Wildman–Crippen LogP) is 17.3. The molecule has 0 radical (unpaired) electrons. The average Bonchev–Trinajstić information content (AvgIpc) is 4.10. The van der Waals surface area contributed by atoms with Crippen molar-refractivity contribution >= 4 is 76.5 Å². The Bertz CT molecular complexity index is 4280. The summed E-state index contributed by atoms with van der Waals surface area (Å²) in [4.78, 5) is 15.5. The molecule has 0 aliphatic heterocycles. The minimum Gasteiger partial charge on any atom is -0.456 e. The molecule has 69 heavy (non-hydrogen) atoms. The topological polar surface area (TPSA) is 69.9 Å². The summed E-state index contributed by atoms with van der Waals surface area (Å²) in [5.74, 6) is 1.73. The van der Waals surface area contributed by atoms with Gasteiger partial charge in [0.05, 0.1) is 11.0 Å². The maximum atomic E-state index is 7.03. The van der Waals surface area contributed by atoms with E-state index in [0.29, 0.717) is 17.5 Å². The Morgan fingerprint density at radius 1 is 0.333 bits per heavy atom. The lowest BCUT2D eigenvalue weighted by Gasteiger charge is -2.14. The highest BCUT2D eigenvalue weighted by Crippen LogP contribution is 2.45. The van der Waals surface area contributed by atoms with Gasteiger partial charge >= 0.3 is 0 Å². The number of aromatic nitrogens is 4. The number of hydrogen-bond donors (Lipinski definition) is 0. The molecular weight excluding hydrogens is 845 g/mol. The van der Waals surface area contributed by atoms with Gasteiger partial charge in [0.2, 0.25) is 0 Å². The van der Waals surface area contributed by atoms with Gasteiger partial charge < -0.3 is 13.4 Å². The van der Waals surface area contributed by atoms with E-state index in [4.69, 9.17) is 23.8 Å². The predicted molar refractivity (Wildman–Crippen MR) is 285 cm³/mol. The fourth-order valence-corrected chi connectivity index (χ4v) is 10.1. The van der Waals surface area contributed by atoms with Gasteiger partial charge in [-0.05, 0) is 58.8 Å². The molecule has 6 heteroatoms. The molecule has 0 spiro atoms. The van der Waals surface area contributed by atoms with Crippen molar-refractivity contribution in [3.8, 4) is 62.1 Å². The standard InChI is InChI=1S/C61H36N4O2.C2H6/c1-3-15-37(16-4-1)44-24-12-28-50-51-29-14-27-49(58(51)67-57(44)50)47-25-13-26-48-52-34-39-19-7-8-20-40(39)35-53(52)65(56(47)48)43-22-11-21-41(33-43)60-62-59(38-17-5-2-6-18-38)63-61(64-60)42-31-32-46-45-23-9-10-30-54(45)66-55(46)36-42;1-2/h1-36H;1-2H3. The van der Waals surface area contributed by atoms with Gasteiger partial charge in [0.15, 0.2) is 17.5 Å². The van der Waals surface area contributed by atoms with E-state index in [1.54, 1.807) is 0 Å². The van der Waals surface area contributed by atoms with Gasteiger partial charge in [0.25, 0.3) is 0 Å². The average molecular weight is 887 g/mol. The number of fused-ring (bicyclic) bond motifs is 10. The molecule has 0 amide bonds. The Balaban J connectivity index is 0.00000232. The van der Waals surface area contributed by atoms with Crippen LogP contribution in [-0.4, -0.2) is 19.5 Å². The first-order chi connectivity index (χ1) is 34.2. The highest BCUT2D eigenvalue weighted by atomic mass is 16.3. The maximum Gasteiger partial charge on any atom is 0.164 e. The van der Waals surface area contributed by atoms with Crippen LogP contribution in [0.5, 0.6) is 0 Å². The maximum absolute atomic E-state index is 7.03. The van der Waals surface area contributed by atoms with E-state index in [-0.39, 0.29) is 0 Å². The second-order valence-corrected chi connectivity index (χ2v) is 17.1. The van der Waals surface area contributed by atoms with Crippen LogP contribution in [0.1, 0.15) is 13.8 Å². The van der Waals surface area contributed by atoms with E-state index >= 15 is 0 Å². The van der Waals surface area contributed by atoms with Crippen molar-refractivity contribution in [2.24, 2.45) is 0 Å². The summed E-state index contributed by atoms with van der Waals surface area (Å²) in [5, 5.41) is 8.97. The zero-order valence-corrected chi connectivity index (χ0v) is 37.9. The van der Waals surface area contributed by atoms with Gasteiger partial charge in [-0.1, -0.05) is 190 Å². The normalized spacial score (nSPS) is 11.6. The number of nitrogens with zero attached hydrogens (tertiary/aromatic N) is 4. The minimum absolute atomic E-state index is 0.566. The number of hydrogen-bond acceptors (Lipinski definition) is 5. The van der Waals surface area contributed by atoms with Crippen LogP contribution >= 0.6 is 0 Å². The van der Waals surface area contributed by atoms with Gasteiger partial charge in [-0.25, -0.2) is 15.0 Å². The van der Waals surface area contributed by atoms with E-state index in [1.165, 1.54) is 16.2 Å². The summed E-state index contributed by atoms with van der Waals surface area (Å²) in [6.07, 6.45) is 0. The first-order valence-corrected chi connectivity index (χ1v) is 23.5. The number of benzene rings is 10. The van der Waals surface area contributed by atoms with Gasteiger partial charge in [-0.15, -0.1) is 0 Å². The Morgan fingerprint density at radius 3 is 1.62 bits per heavy atom. The van der Waals surface area contributed by atoms with Crippen molar-refractivity contribution in [1.82, 2.24) is 19.5 Å². The van der Waals surface area contributed by atoms with E-state index in [1.807, 2.05) is 74.5 Å². The summed E-state index contributed by atoms with van der Waals surface area (Å²) in [6, 6.07) is 76.3. The molecule has 14 aromatic rings. The molecule has 0 unspecified atom stereocenters. The van der Waals surface area contributed by atoms with E-state index in [9.17, 15) is 0 Å². The summed E-state index contributed by atoms with van der Waals surface area (Å²) in [5.41, 5.74) is 13.4. The quantitative estimate of drug-likeness (QED) is 0.166. The summed E-state index contributed by atoms with van der Waals surface area (Å²) in [7, 11) is 0. The fourth-order valence-electron chi connectivity index (χ4n) is 10.1. The Hall–Kier alpha value is -9.13. The molecule has 4 aromatic heterocycles. The zero-order chi connectivity index (χ0) is 46.0. The SMILES string of the molecule is CC.c1ccc(-c2nc(-c3cccc(-n4c5cc6ccccc6cc5c5cccc(-c6cccc7c6oc6c(-c8ccccc8)cccc67)c54)c3)nc(-c3ccc4c(c3)oc3ccccc34)n2)cc1. The highest BCUT2D eigenvalue weighted by molar-refractivity contribution is 6.20. The Kier molecular flexibility index (Phi) is 9.51. The summed E-state index contributed by atoms with van der Waals surface area (Å²) in [6.45, 7) is 4.00. The van der Waals surface area contributed by atoms with Crippen LogP contribution in [0, 0.1) is 0 Å². The molecule has 0 N–H and O–H groups in total. The van der Waals surface area contributed by atoms with Crippen molar-refractivity contribution in [3.63, 3.8) is 0 Å². The van der Waals surface area contributed by atoms with Crippen LogP contribution in [-0.2, 0) is 0 Å². The zero-order valence-electron chi connectivity index (χ0n) is 37.9. The van der Waals surface area contributed by atoms with Gasteiger partial charge in [-0.3, -0.25) is 0 Å². The van der Waals surface area contributed by atoms with Crippen LogP contribution in [0.2, 0.25) is 0 Å². The molecule has 0 fully saturated rings. The van der Waals surface area contributed by atoms with E-state index in [0.717, 1.165) is 105 Å². The molecule has 0 aliphatic carbocycles. The summed E-state index contributed by atoms with van der Waals surface area (Å²) < 4.78 is 15.8. The van der Waals surface area contributed by atoms with E-state index < -0.39 is 0 Å². The monoisotopic (exact) mass is 886 g/mol. The first kappa shape index (κ1) is 40.2. The van der Waals surface area contributed by atoms with Crippen LogP contribution < -0.4 is 0 Å². The van der Waals surface area contributed by atoms with Crippen LogP contribution in [0.15, 0.2) is 227 Å². The van der Waals surface area contributed by atoms with Crippen LogP contribution in [0.3, 0.4) is 0 Å².